The van der Waals surface area contributed by atoms with Gasteiger partial charge in [-0.3, -0.25) is 0 Å². The number of rotatable bonds is 6. The van der Waals surface area contributed by atoms with Crippen LogP contribution < -0.4 is 10.6 Å². The lowest BCUT2D eigenvalue weighted by Crippen LogP contribution is -2.38. The molecule has 0 fully saturated rings. The van der Waals surface area contributed by atoms with Gasteiger partial charge >= 0.3 is 0 Å². The van der Waals surface area contributed by atoms with Crippen LogP contribution in [-0.4, -0.2) is 11.7 Å². The topological polar surface area (TPSA) is 24.1 Å². The summed E-state index contributed by atoms with van der Waals surface area (Å²) in [6.45, 7) is 3.09. The maximum Gasteiger partial charge on any atom is 0.167 e. The van der Waals surface area contributed by atoms with Gasteiger partial charge in [-0.15, -0.1) is 0 Å². The van der Waals surface area contributed by atoms with Gasteiger partial charge in [0.2, 0.25) is 0 Å². The maximum atomic E-state index is 5.42. The van der Waals surface area contributed by atoms with E-state index in [1.807, 2.05) is 12.1 Å². The second-order valence-electron chi connectivity index (χ2n) is 5.01. The van der Waals surface area contributed by atoms with Gasteiger partial charge < -0.3 is 10.6 Å². The smallest absolute Gasteiger partial charge is 0.167 e. The zero-order valence-electron chi connectivity index (χ0n) is 12.4. The van der Waals surface area contributed by atoms with Crippen LogP contribution in [0.4, 0.5) is 0 Å². The first kappa shape index (κ1) is 15.5. The third-order valence-corrected chi connectivity index (χ3v) is 3.62. The molecule has 0 saturated carbocycles. The minimum absolute atomic E-state index is 0.0778. The van der Waals surface area contributed by atoms with Crippen LogP contribution >= 0.6 is 12.2 Å². The van der Waals surface area contributed by atoms with E-state index >= 15 is 0 Å². The van der Waals surface area contributed by atoms with E-state index in [4.69, 9.17) is 12.2 Å². The van der Waals surface area contributed by atoms with Crippen LogP contribution in [-0.2, 0) is 0 Å². The first-order valence-electron chi connectivity index (χ1n) is 7.45. The summed E-state index contributed by atoms with van der Waals surface area (Å²) >= 11 is 5.42. The SMILES string of the molecule is CCCCNC(=S)NC(c1ccccc1)c1ccccc1. The Hall–Kier alpha value is -1.87. The van der Waals surface area contributed by atoms with Gasteiger partial charge in [0.05, 0.1) is 6.04 Å². The van der Waals surface area contributed by atoms with Gasteiger partial charge in [-0.25, -0.2) is 0 Å². The van der Waals surface area contributed by atoms with Crippen molar-refractivity contribution >= 4 is 17.3 Å². The van der Waals surface area contributed by atoms with E-state index in [0.717, 1.165) is 19.4 Å². The van der Waals surface area contributed by atoms with Crippen molar-refractivity contribution in [1.82, 2.24) is 10.6 Å². The predicted molar refractivity (Wildman–Crippen MR) is 93.4 cm³/mol. The van der Waals surface area contributed by atoms with Crippen molar-refractivity contribution in [2.24, 2.45) is 0 Å². The van der Waals surface area contributed by atoms with Crippen molar-refractivity contribution in [3.8, 4) is 0 Å². The molecule has 0 radical (unpaired) electrons. The molecule has 0 atom stereocenters. The van der Waals surface area contributed by atoms with E-state index in [9.17, 15) is 0 Å². The minimum atomic E-state index is 0.0778. The fourth-order valence-corrected chi connectivity index (χ4v) is 2.43. The van der Waals surface area contributed by atoms with Crippen LogP contribution in [0, 0.1) is 0 Å². The zero-order chi connectivity index (χ0) is 14.9. The number of hydrogen-bond donors (Lipinski definition) is 2. The number of hydrogen-bond acceptors (Lipinski definition) is 1. The molecule has 0 amide bonds. The third kappa shape index (κ3) is 4.87. The highest BCUT2D eigenvalue weighted by Gasteiger charge is 2.14. The van der Waals surface area contributed by atoms with Gasteiger partial charge in [-0.1, -0.05) is 74.0 Å². The summed E-state index contributed by atoms with van der Waals surface area (Å²) in [4.78, 5) is 0. The molecule has 2 nitrogen and oxygen atoms in total. The van der Waals surface area contributed by atoms with Crippen molar-refractivity contribution in [1.29, 1.82) is 0 Å². The van der Waals surface area contributed by atoms with E-state index in [1.165, 1.54) is 11.1 Å². The van der Waals surface area contributed by atoms with Crippen LogP contribution in [0.2, 0.25) is 0 Å². The van der Waals surface area contributed by atoms with Crippen LogP contribution in [0.15, 0.2) is 60.7 Å². The lowest BCUT2D eigenvalue weighted by Gasteiger charge is -2.22. The monoisotopic (exact) mass is 298 g/mol. The third-order valence-electron chi connectivity index (χ3n) is 3.36. The van der Waals surface area contributed by atoms with Crippen molar-refractivity contribution in [3.05, 3.63) is 71.8 Å². The van der Waals surface area contributed by atoms with E-state index in [2.05, 4.69) is 66.1 Å². The Bertz CT molecular complexity index is 500. The van der Waals surface area contributed by atoms with Gasteiger partial charge in [0.25, 0.3) is 0 Å². The molecule has 2 aromatic carbocycles. The number of benzene rings is 2. The molecule has 2 aromatic rings. The molecule has 0 saturated heterocycles. The fraction of sp³-hybridized carbons (Fsp3) is 0.278. The summed E-state index contributed by atoms with van der Waals surface area (Å²) in [5.41, 5.74) is 2.42. The summed E-state index contributed by atoms with van der Waals surface area (Å²) in [7, 11) is 0. The summed E-state index contributed by atoms with van der Waals surface area (Å²) in [5, 5.41) is 7.41. The van der Waals surface area contributed by atoms with Gasteiger partial charge in [0.15, 0.2) is 5.11 Å². The maximum absolute atomic E-state index is 5.42. The Labute approximate surface area is 132 Å². The Kier molecular flexibility index (Phi) is 6.22. The highest BCUT2D eigenvalue weighted by Crippen LogP contribution is 2.21. The summed E-state index contributed by atoms with van der Waals surface area (Å²) in [5.74, 6) is 0. The second kappa shape index (κ2) is 8.42. The zero-order valence-corrected chi connectivity index (χ0v) is 13.2. The molecule has 0 aliphatic heterocycles. The van der Waals surface area contributed by atoms with Crippen molar-refractivity contribution < 1.29 is 0 Å². The molecular weight excluding hydrogens is 276 g/mol. The summed E-state index contributed by atoms with van der Waals surface area (Å²) in [6.07, 6.45) is 2.29. The Morgan fingerprint density at radius 3 is 1.95 bits per heavy atom. The van der Waals surface area contributed by atoms with Crippen LogP contribution in [0.5, 0.6) is 0 Å². The minimum Gasteiger partial charge on any atom is -0.363 e. The second-order valence-corrected chi connectivity index (χ2v) is 5.42. The average Bonchev–Trinajstić information content (AvgIpc) is 2.54. The highest BCUT2D eigenvalue weighted by atomic mass is 32.1. The molecule has 21 heavy (non-hydrogen) atoms. The van der Waals surface area contributed by atoms with Gasteiger partial charge in [-0.05, 0) is 29.8 Å². The van der Waals surface area contributed by atoms with E-state index in [-0.39, 0.29) is 6.04 Å². The lowest BCUT2D eigenvalue weighted by atomic mass is 9.99. The van der Waals surface area contributed by atoms with E-state index in [0.29, 0.717) is 5.11 Å². The standard InChI is InChI=1S/C18H22N2S/c1-2-3-14-19-18(21)20-17(15-10-6-4-7-11-15)16-12-8-5-9-13-16/h4-13,17H,2-3,14H2,1H3,(H2,19,20,21). The predicted octanol–water partition coefficient (Wildman–Crippen LogP) is 4.04. The molecule has 0 aromatic heterocycles. The summed E-state index contributed by atoms with van der Waals surface area (Å²) < 4.78 is 0. The fourth-order valence-electron chi connectivity index (χ4n) is 2.21. The number of thiocarbonyl (C=S) groups is 1. The van der Waals surface area contributed by atoms with Gasteiger partial charge in [0, 0.05) is 6.54 Å². The molecule has 0 bridgehead atoms. The molecule has 0 heterocycles. The Morgan fingerprint density at radius 2 is 1.48 bits per heavy atom. The normalized spacial score (nSPS) is 10.4. The van der Waals surface area contributed by atoms with Crippen LogP contribution in [0.25, 0.3) is 0 Å². The van der Waals surface area contributed by atoms with Gasteiger partial charge in [-0.2, -0.15) is 0 Å². The van der Waals surface area contributed by atoms with Crippen LogP contribution in [0.1, 0.15) is 36.9 Å². The van der Waals surface area contributed by atoms with E-state index < -0.39 is 0 Å². The lowest BCUT2D eigenvalue weighted by molar-refractivity contribution is 0.707. The largest absolute Gasteiger partial charge is 0.363 e. The van der Waals surface area contributed by atoms with Crippen molar-refractivity contribution in [2.45, 2.75) is 25.8 Å². The Balaban J connectivity index is 2.12. The molecule has 0 aliphatic carbocycles. The molecule has 0 unspecified atom stereocenters. The molecule has 2 N–H and O–H groups in total. The average molecular weight is 298 g/mol. The highest BCUT2D eigenvalue weighted by molar-refractivity contribution is 7.80. The summed E-state index contributed by atoms with van der Waals surface area (Å²) in [6, 6.07) is 20.9. The van der Waals surface area contributed by atoms with Crippen LogP contribution in [0.3, 0.4) is 0 Å². The molecule has 3 heteroatoms. The van der Waals surface area contributed by atoms with Crippen molar-refractivity contribution in [3.63, 3.8) is 0 Å². The number of nitrogens with one attached hydrogen (secondary N) is 2. The molecule has 110 valence electrons. The quantitative estimate of drug-likeness (QED) is 0.622. The molecular formula is C18H22N2S. The first-order valence-corrected chi connectivity index (χ1v) is 7.86. The first-order chi connectivity index (χ1) is 10.3. The molecule has 0 spiro atoms. The molecule has 2 rings (SSSR count). The number of unbranched alkanes of at least 4 members (excludes halogenated alkanes) is 1. The van der Waals surface area contributed by atoms with Crippen molar-refractivity contribution in [2.75, 3.05) is 6.54 Å². The van der Waals surface area contributed by atoms with Gasteiger partial charge in [0.1, 0.15) is 0 Å². The molecule has 0 aliphatic rings. The Morgan fingerprint density at radius 1 is 0.952 bits per heavy atom. The van der Waals surface area contributed by atoms with E-state index in [1.54, 1.807) is 0 Å².